The van der Waals surface area contributed by atoms with Crippen LogP contribution in [0.2, 0.25) is 0 Å². The van der Waals surface area contributed by atoms with Gasteiger partial charge in [0.15, 0.2) is 0 Å². The van der Waals surface area contributed by atoms with Gasteiger partial charge in [-0.05, 0) is 18.6 Å². The molecular formula is C20H18N4O. The molecule has 5 heteroatoms. The van der Waals surface area contributed by atoms with Gasteiger partial charge in [0.05, 0.1) is 23.8 Å². The average Bonchev–Trinajstić information content (AvgIpc) is 2.78. The predicted molar refractivity (Wildman–Crippen MR) is 98.3 cm³/mol. The van der Waals surface area contributed by atoms with Crippen molar-refractivity contribution < 1.29 is 4.79 Å². The number of benzene rings is 2. The molecule has 0 saturated carbocycles. The van der Waals surface area contributed by atoms with Gasteiger partial charge >= 0.3 is 0 Å². The second kappa shape index (κ2) is 6.36. The fourth-order valence-corrected chi connectivity index (χ4v) is 3.02. The second-order valence-corrected chi connectivity index (χ2v) is 6.11. The minimum atomic E-state index is -0.0480. The van der Waals surface area contributed by atoms with E-state index < -0.39 is 0 Å². The lowest BCUT2D eigenvalue weighted by atomic mass is 10.1. The number of nitrogens with one attached hydrogen (secondary N) is 2. The zero-order valence-corrected chi connectivity index (χ0v) is 13.9. The molecule has 1 aliphatic heterocycles. The number of hydrogen-bond donors (Lipinski definition) is 2. The van der Waals surface area contributed by atoms with Crippen molar-refractivity contribution in [2.24, 2.45) is 0 Å². The lowest BCUT2D eigenvalue weighted by Crippen LogP contribution is -2.13. The lowest BCUT2D eigenvalue weighted by molar-refractivity contribution is -0.115. The molecule has 0 radical (unpaired) electrons. The summed E-state index contributed by atoms with van der Waals surface area (Å²) in [6.45, 7) is 2.07. The summed E-state index contributed by atoms with van der Waals surface area (Å²) in [5, 5.41) is 6.27. The van der Waals surface area contributed by atoms with E-state index in [1.807, 2.05) is 42.5 Å². The summed E-state index contributed by atoms with van der Waals surface area (Å²) in [5.41, 5.74) is 4.50. The van der Waals surface area contributed by atoms with E-state index in [1.165, 1.54) is 5.56 Å². The summed E-state index contributed by atoms with van der Waals surface area (Å²) in [6.07, 6.45) is 2.02. The second-order valence-electron chi connectivity index (χ2n) is 6.11. The number of rotatable bonds is 3. The van der Waals surface area contributed by atoms with E-state index in [0.29, 0.717) is 5.95 Å². The summed E-state index contributed by atoms with van der Waals surface area (Å²) < 4.78 is 0. The van der Waals surface area contributed by atoms with Crippen molar-refractivity contribution in [3.8, 4) is 11.3 Å². The van der Waals surface area contributed by atoms with Crippen LogP contribution in [0.5, 0.6) is 0 Å². The molecule has 2 heterocycles. The molecule has 124 valence electrons. The van der Waals surface area contributed by atoms with Crippen LogP contribution in [0.4, 0.5) is 11.6 Å². The third-order valence-corrected chi connectivity index (χ3v) is 4.32. The molecule has 0 unspecified atom stereocenters. The first-order valence-electron chi connectivity index (χ1n) is 8.27. The van der Waals surface area contributed by atoms with Gasteiger partial charge in [0.2, 0.25) is 11.9 Å². The molecule has 25 heavy (non-hydrogen) atoms. The van der Waals surface area contributed by atoms with E-state index in [0.717, 1.165) is 22.5 Å². The van der Waals surface area contributed by atoms with Crippen LogP contribution >= 0.6 is 0 Å². The molecule has 2 aromatic carbocycles. The first-order chi connectivity index (χ1) is 12.2. The number of fused-ring (bicyclic) bond motifs is 3. The quantitative estimate of drug-likeness (QED) is 0.766. The molecule has 5 nitrogen and oxygen atoms in total. The maximum absolute atomic E-state index is 12.1. The Morgan fingerprint density at radius 2 is 1.84 bits per heavy atom. The van der Waals surface area contributed by atoms with Crippen molar-refractivity contribution in [3.05, 3.63) is 71.9 Å². The smallest absolute Gasteiger partial charge is 0.228 e. The van der Waals surface area contributed by atoms with Crippen LogP contribution in [0.3, 0.4) is 0 Å². The van der Waals surface area contributed by atoms with Crippen molar-refractivity contribution in [2.75, 3.05) is 10.6 Å². The van der Waals surface area contributed by atoms with E-state index in [9.17, 15) is 4.79 Å². The number of hydrogen-bond acceptors (Lipinski definition) is 4. The van der Waals surface area contributed by atoms with Gasteiger partial charge in [-0.2, -0.15) is 0 Å². The molecule has 1 amide bonds. The molecule has 1 aliphatic rings. The summed E-state index contributed by atoms with van der Waals surface area (Å²) >= 11 is 0. The highest BCUT2D eigenvalue weighted by Crippen LogP contribution is 2.32. The minimum Gasteiger partial charge on any atom is -0.348 e. The lowest BCUT2D eigenvalue weighted by Gasteiger charge is -2.15. The number of carbonyl (C=O) groups is 1. The highest BCUT2D eigenvalue weighted by atomic mass is 16.1. The van der Waals surface area contributed by atoms with E-state index in [4.69, 9.17) is 4.98 Å². The van der Waals surface area contributed by atoms with Crippen molar-refractivity contribution in [1.29, 1.82) is 0 Å². The van der Waals surface area contributed by atoms with E-state index >= 15 is 0 Å². The number of aromatic nitrogens is 2. The van der Waals surface area contributed by atoms with Gasteiger partial charge in [-0.3, -0.25) is 4.79 Å². The summed E-state index contributed by atoms with van der Waals surface area (Å²) in [5.74, 6) is 0.507. The Morgan fingerprint density at radius 1 is 1.08 bits per heavy atom. The standard InChI is InChI=1S/C20H18N4O/c1-13(14-7-3-2-4-8-14)22-20-21-12-15-11-18(25)23-17-10-6-5-9-16(17)19(15)24-20/h2-10,12-13H,11H2,1H3,(H,23,25)(H,21,22,24)/t13-/m0/s1. The molecule has 1 atom stereocenters. The molecule has 0 bridgehead atoms. The fraction of sp³-hybridized carbons (Fsp3) is 0.150. The van der Waals surface area contributed by atoms with Crippen LogP contribution in [0.1, 0.15) is 24.1 Å². The van der Waals surface area contributed by atoms with E-state index in [1.54, 1.807) is 6.20 Å². The average molecular weight is 330 g/mol. The number of carbonyl (C=O) groups excluding carboxylic acids is 1. The maximum Gasteiger partial charge on any atom is 0.228 e. The first-order valence-corrected chi connectivity index (χ1v) is 8.27. The van der Waals surface area contributed by atoms with Gasteiger partial charge in [0, 0.05) is 17.3 Å². The molecule has 2 N–H and O–H groups in total. The van der Waals surface area contributed by atoms with Gasteiger partial charge in [0.1, 0.15) is 0 Å². The van der Waals surface area contributed by atoms with Crippen molar-refractivity contribution in [3.63, 3.8) is 0 Å². The SMILES string of the molecule is C[C@H](Nc1ncc2c(n1)-c1ccccc1NC(=O)C2)c1ccccc1. The molecular weight excluding hydrogens is 312 g/mol. The Balaban J connectivity index is 1.71. The Hall–Kier alpha value is -3.21. The highest BCUT2D eigenvalue weighted by Gasteiger charge is 2.20. The summed E-state index contributed by atoms with van der Waals surface area (Å²) in [4.78, 5) is 21.2. The van der Waals surface area contributed by atoms with Crippen LogP contribution in [-0.2, 0) is 11.2 Å². The fourth-order valence-electron chi connectivity index (χ4n) is 3.02. The molecule has 0 aliphatic carbocycles. The molecule has 1 aromatic heterocycles. The van der Waals surface area contributed by atoms with Gasteiger partial charge in [0.25, 0.3) is 0 Å². The number of nitrogens with zero attached hydrogens (tertiary/aromatic N) is 2. The highest BCUT2D eigenvalue weighted by molar-refractivity contribution is 5.99. The Kier molecular flexibility index (Phi) is 3.90. The van der Waals surface area contributed by atoms with Crippen LogP contribution in [0.25, 0.3) is 11.3 Å². The number of anilines is 2. The first kappa shape index (κ1) is 15.3. The summed E-state index contributed by atoms with van der Waals surface area (Å²) in [7, 11) is 0. The van der Waals surface area contributed by atoms with Gasteiger partial charge in [-0.1, -0.05) is 48.5 Å². The van der Waals surface area contributed by atoms with E-state index in [-0.39, 0.29) is 18.4 Å². The van der Waals surface area contributed by atoms with Crippen molar-refractivity contribution >= 4 is 17.5 Å². The zero-order chi connectivity index (χ0) is 17.2. The van der Waals surface area contributed by atoms with E-state index in [2.05, 4.69) is 34.7 Å². The Bertz CT molecular complexity index is 924. The normalized spacial score (nSPS) is 13.9. The van der Waals surface area contributed by atoms with Gasteiger partial charge < -0.3 is 10.6 Å². The van der Waals surface area contributed by atoms with Gasteiger partial charge in [-0.25, -0.2) is 9.97 Å². The number of para-hydroxylation sites is 1. The van der Waals surface area contributed by atoms with Crippen molar-refractivity contribution in [1.82, 2.24) is 9.97 Å². The largest absolute Gasteiger partial charge is 0.348 e. The third-order valence-electron chi connectivity index (χ3n) is 4.32. The molecule has 0 saturated heterocycles. The zero-order valence-electron chi connectivity index (χ0n) is 13.9. The minimum absolute atomic E-state index is 0.0480. The van der Waals surface area contributed by atoms with Crippen LogP contribution in [-0.4, -0.2) is 15.9 Å². The monoisotopic (exact) mass is 330 g/mol. The molecule has 4 rings (SSSR count). The molecule has 0 spiro atoms. The van der Waals surface area contributed by atoms with Crippen molar-refractivity contribution in [2.45, 2.75) is 19.4 Å². The van der Waals surface area contributed by atoms with Crippen LogP contribution < -0.4 is 10.6 Å². The Morgan fingerprint density at radius 3 is 2.68 bits per heavy atom. The maximum atomic E-state index is 12.1. The van der Waals surface area contributed by atoms with Crippen LogP contribution in [0.15, 0.2) is 60.8 Å². The van der Waals surface area contributed by atoms with Gasteiger partial charge in [-0.15, -0.1) is 0 Å². The Labute approximate surface area is 146 Å². The predicted octanol–water partition coefficient (Wildman–Crippen LogP) is 3.81. The number of amides is 1. The molecule has 0 fully saturated rings. The van der Waals surface area contributed by atoms with Crippen LogP contribution in [0, 0.1) is 0 Å². The topological polar surface area (TPSA) is 66.9 Å². The molecule has 3 aromatic rings. The summed E-state index contributed by atoms with van der Waals surface area (Å²) in [6, 6.07) is 18.0. The third kappa shape index (κ3) is 3.08.